The van der Waals surface area contributed by atoms with Gasteiger partial charge in [0.05, 0.1) is 5.75 Å². The number of hydrogen-bond donors (Lipinski definition) is 0. The topological polar surface area (TPSA) is 69.6 Å². The van der Waals surface area contributed by atoms with Gasteiger partial charge >= 0.3 is 0 Å². The number of aromatic nitrogens is 5. The highest BCUT2D eigenvalue weighted by Crippen LogP contribution is 2.28. The van der Waals surface area contributed by atoms with Crippen LogP contribution < -0.4 is 0 Å². The molecule has 2 aromatic carbocycles. The summed E-state index contributed by atoms with van der Waals surface area (Å²) in [5.41, 5.74) is 3.05. The summed E-state index contributed by atoms with van der Waals surface area (Å²) in [5.74, 6) is 2.42. The lowest BCUT2D eigenvalue weighted by Gasteiger charge is -2.06. The molecule has 0 aliphatic heterocycles. The molecule has 0 saturated heterocycles. The van der Waals surface area contributed by atoms with E-state index < -0.39 is 0 Å². The second-order valence-corrected chi connectivity index (χ2v) is 7.60. The predicted octanol–water partition coefficient (Wildman–Crippen LogP) is 5.27. The zero-order chi connectivity index (χ0) is 19.5. The standard InChI is InChI=1S/C20H18ClN5OS/c1-3-26-18(14-7-9-16(21)10-8-14)23-25-20(26)28-12-17-22-24-19(27-17)15-6-4-5-13(2)11-15/h4-11H,3,12H2,1-2H3. The first-order valence-corrected chi connectivity index (χ1v) is 10.2. The third-order valence-corrected chi connectivity index (χ3v) is 5.40. The quantitative estimate of drug-likeness (QED) is 0.402. The predicted molar refractivity (Wildman–Crippen MR) is 110 cm³/mol. The molecule has 28 heavy (non-hydrogen) atoms. The molecule has 2 heterocycles. The van der Waals surface area contributed by atoms with Crippen LogP contribution in [0.3, 0.4) is 0 Å². The summed E-state index contributed by atoms with van der Waals surface area (Å²) >= 11 is 7.50. The van der Waals surface area contributed by atoms with Crippen LogP contribution >= 0.6 is 23.4 Å². The fraction of sp³-hybridized carbons (Fsp3) is 0.200. The molecule has 0 aliphatic rings. The Bertz CT molecular complexity index is 1090. The highest BCUT2D eigenvalue weighted by atomic mass is 35.5. The van der Waals surface area contributed by atoms with E-state index in [1.54, 1.807) is 0 Å². The van der Waals surface area contributed by atoms with Crippen molar-refractivity contribution >= 4 is 23.4 Å². The number of aryl methyl sites for hydroxylation is 1. The molecule has 2 aromatic heterocycles. The second-order valence-electron chi connectivity index (χ2n) is 6.22. The maximum atomic E-state index is 5.98. The fourth-order valence-corrected chi connectivity index (χ4v) is 3.79. The molecule has 0 saturated carbocycles. The highest BCUT2D eigenvalue weighted by molar-refractivity contribution is 7.98. The van der Waals surface area contributed by atoms with Crippen molar-refractivity contribution in [1.29, 1.82) is 0 Å². The van der Waals surface area contributed by atoms with E-state index in [0.717, 1.165) is 34.2 Å². The van der Waals surface area contributed by atoms with Gasteiger partial charge in [0, 0.05) is 22.7 Å². The average molecular weight is 412 g/mol. The molecule has 0 radical (unpaired) electrons. The summed E-state index contributed by atoms with van der Waals surface area (Å²) < 4.78 is 7.87. The van der Waals surface area contributed by atoms with Gasteiger partial charge in [-0.25, -0.2) is 0 Å². The first-order valence-electron chi connectivity index (χ1n) is 8.85. The van der Waals surface area contributed by atoms with E-state index >= 15 is 0 Å². The molecule has 6 nitrogen and oxygen atoms in total. The van der Waals surface area contributed by atoms with Crippen molar-refractivity contribution in [3.05, 3.63) is 65.0 Å². The van der Waals surface area contributed by atoms with Crippen molar-refractivity contribution in [2.75, 3.05) is 0 Å². The number of nitrogens with zero attached hydrogens (tertiary/aromatic N) is 5. The lowest BCUT2D eigenvalue weighted by atomic mass is 10.1. The van der Waals surface area contributed by atoms with Crippen LogP contribution in [0.4, 0.5) is 0 Å². The molecule has 0 unspecified atom stereocenters. The van der Waals surface area contributed by atoms with E-state index in [-0.39, 0.29) is 0 Å². The monoisotopic (exact) mass is 411 g/mol. The summed E-state index contributed by atoms with van der Waals surface area (Å²) in [6.07, 6.45) is 0. The molecule has 142 valence electrons. The molecule has 8 heteroatoms. The van der Waals surface area contributed by atoms with Gasteiger partial charge in [-0.1, -0.05) is 41.1 Å². The minimum Gasteiger partial charge on any atom is -0.420 e. The van der Waals surface area contributed by atoms with E-state index in [1.165, 1.54) is 11.8 Å². The Kier molecular flexibility index (Phi) is 5.45. The zero-order valence-corrected chi connectivity index (χ0v) is 17.0. The van der Waals surface area contributed by atoms with Gasteiger partial charge in [-0.3, -0.25) is 0 Å². The van der Waals surface area contributed by atoms with Crippen LogP contribution in [0.25, 0.3) is 22.8 Å². The zero-order valence-electron chi connectivity index (χ0n) is 15.5. The average Bonchev–Trinajstić information content (AvgIpc) is 3.34. The Morgan fingerprint density at radius 3 is 2.57 bits per heavy atom. The Hall–Kier alpha value is -2.64. The number of hydrogen-bond acceptors (Lipinski definition) is 6. The Morgan fingerprint density at radius 1 is 1.00 bits per heavy atom. The molecule has 0 N–H and O–H groups in total. The molecule has 4 aromatic rings. The maximum absolute atomic E-state index is 5.98. The number of halogens is 1. The molecule has 0 aliphatic carbocycles. The molecule has 0 bridgehead atoms. The minimum atomic E-state index is 0.525. The number of benzene rings is 2. The van der Waals surface area contributed by atoms with Crippen molar-refractivity contribution < 1.29 is 4.42 Å². The smallest absolute Gasteiger partial charge is 0.247 e. The molecular weight excluding hydrogens is 394 g/mol. The summed E-state index contributed by atoms with van der Waals surface area (Å²) in [6.45, 7) is 4.85. The van der Waals surface area contributed by atoms with Crippen LogP contribution in [0.5, 0.6) is 0 Å². The van der Waals surface area contributed by atoms with Crippen LogP contribution in [-0.2, 0) is 12.3 Å². The van der Waals surface area contributed by atoms with Crippen molar-refractivity contribution in [2.45, 2.75) is 31.3 Å². The molecule has 0 fully saturated rings. The van der Waals surface area contributed by atoms with E-state index in [1.807, 2.05) is 55.5 Å². The SMILES string of the molecule is CCn1c(SCc2nnc(-c3cccc(C)c3)o2)nnc1-c1ccc(Cl)cc1. The number of thioether (sulfide) groups is 1. The molecule has 0 atom stereocenters. The van der Waals surface area contributed by atoms with Crippen molar-refractivity contribution in [3.63, 3.8) is 0 Å². The highest BCUT2D eigenvalue weighted by Gasteiger charge is 2.15. The molecule has 4 rings (SSSR count). The first kappa shape index (κ1) is 18.7. The van der Waals surface area contributed by atoms with Gasteiger partial charge in [-0.05, 0) is 50.2 Å². The van der Waals surface area contributed by atoms with Crippen LogP contribution in [-0.4, -0.2) is 25.0 Å². The van der Waals surface area contributed by atoms with Crippen LogP contribution in [0.1, 0.15) is 18.4 Å². The molecular formula is C20H18ClN5OS. The van der Waals surface area contributed by atoms with Gasteiger partial charge in [0.1, 0.15) is 0 Å². The van der Waals surface area contributed by atoms with Crippen molar-refractivity contribution in [1.82, 2.24) is 25.0 Å². The van der Waals surface area contributed by atoms with Gasteiger partial charge in [0.2, 0.25) is 11.8 Å². The third kappa shape index (κ3) is 3.95. The van der Waals surface area contributed by atoms with Gasteiger partial charge in [-0.15, -0.1) is 20.4 Å². The maximum Gasteiger partial charge on any atom is 0.247 e. The first-order chi connectivity index (χ1) is 13.6. The van der Waals surface area contributed by atoms with Gasteiger partial charge < -0.3 is 8.98 Å². The summed E-state index contributed by atoms with van der Waals surface area (Å²) in [7, 11) is 0. The lowest BCUT2D eigenvalue weighted by Crippen LogP contribution is -1.99. The minimum absolute atomic E-state index is 0.525. The normalized spacial score (nSPS) is 11.1. The summed E-state index contributed by atoms with van der Waals surface area (Å²) in [4.78, 5) is 0. The molecule has 0 amide bonds. The van der Waals surface area contributed by atoms with E-state index in [4.69, 9.17) is 16.0 Å². The van der Waals surface area contributed by atoms with Gasteiger partial charge in [0.15, 0.2) is 11.0 Å². The molecule has 0 spiro atoms. The van der Waals surface area contributed by atoms with E-state index in [2.05, 4.69) is 31.9 Å². The Balaban J connectivity index is 1.50. The largest absolute Gasteiger partial charge is 0.420 e. The van der Waals surface area contributed by atoms with E-state index in [0.29, 0.717) is 22.6 Å². The van der Waals surface area contributed by atoms with Gasteiger partial charge in [0.25, 0.3) is 0 Å². The van der Waals surface area contributed by atoms with Crippen molar-refractivity contribution in [3.8, 4) is 22.8 Å². The lowest BCUT2D eigenvalue weighted by molar-refractivity contribution is 0.528. The van der Waals surface area contributed by atoms with Gasteiger partial charge in [-0.2, -0.15) is 0 Å². The Morgan fingerprint density at radius 2 is 1.82 bits per heavy atom. The van der Waals surface area contributed by atoms with E-state index in [9.17, 15) is 0 Å². The summed E-state index contributed by atoms with van der Waals surface area (Å²) in [5, 5.41) is 18.5. The Labute approximate surface area is 172 Å². The third-order valence-electron chi connectivity index (χ3n) is 4.19. The summed E-state index contributed by atoms with van der Waals surface area (Å²) in [6, 6.07) is 15.6. The van der Waals surface area contributed by atoms with Crippen LogP contribution in [0, 0.1) is 6.92 Å². The van der Waals surface area contributed by atoms with Crippen molar-refractivity contribution in [2.24, 2.45) is 0 Å². The fourth-order valence-electron chi connectivity index (χ4n) is 2.83. The van der Waals surface area contributed by atoms with Crippen LogP contribution in [0.2, 0.25) is 5.02 Å². The number of rotatable bonds is 6. The van der Waals surface area contributed by atoms with Crippen LogP contribution in [0.15, 0.2) is 58.1 Å². The second kappa shape index (κ2) is 8.16.